The summed E-state index contributed by atoms with van der Waals surface area (Å²) in [6.45, 7) is 0.549. The molecule has 5 heteroatoms. The Morgan fingerprint density at radius 3 is 2.38 bits per heavy atom. The Kier molecular flexibility index (Phi) is 3.97. The first kappa shape index (κ1) is 14.9. The number of hydrogen-bond donors (Lipinski definition) is 1. The van der Waals surface area contributed by atoms with Crippen LogP contribution in [-0.4, -0.2) is 17.3 Å². The summed E-state index contributed by atoms with van der Waals surface area (Å²) in [6.07, 6.45) is 4.52. The highest BCUT2D eigenvalue weighted by Crippen LogP contribution is 2.45. The highest BCUT2D eigenvalue weighted by Gasteiger charge is 2.42. The van der Waals surface area contributed by atoms with Gasteiger partial charge in [0.1, 0.15) is 0 Å². The largest absolute Gasteiger partial charge is 0.388 e. The Balaban J connectivity index is 1.79. The Morgan fingerprint density at radius 1 is 1.14 bits per heavy atom. The summed E-state index contributed by atoms with van der Waals surface area (Å²) in [5, 5.41) is 10.4. The van der Waals surface area contributed by atoms with Crippen molar-refractivity contribution < 1.29 is 23.0 Å². The lowest BCUT2D eigenvalue weighted by Gasteiger charge is -2.40. The monoisotopic (exact) mass is 300 g/mol. The molecule has 2 nitrogen and oxygen atoms in total. The van der Waals surface area contributed by atoms with E-state index in [9.17, 15) is 18.3 Å². The van der Waals surface area contributed by atoms with E-state index in [0.717, 1.165) is 37.8 Å². The van der Waals surface area contributed by atoms with Crippen molar-refractivity contribution in [2.45, 2.75) is 50.2 Å². The fourth-order valence-corrected chi connectivity index (χ4v) is 3.72. The van der Waals surface area contributed by atoms with Gasteiger partial charge >= 0.3 is 0 Å². The van der Waals surface area contributed by atoms with Crippen LogP contribution in [0.1, 0.15) is 50.2 Å². The minimum Gasteiger partial charge on any atom is -0.388 e. The molecule has 21 heavy (non-hydrogen) atoms. The third-order valence-corrected chi connectivity index (χ3v) is 4.84. The summed E-state index contributed by atoms with van der Waals surface area (Å²) >= 11 is 0. The second kappa shape index (κ2) is 5.61. The van der Waals surface area contributed by atoms with Crippen LogP contribution in [0.2, 0.25) is 0 Å². The molecule has 1 aliphatic carbocycles. The quantitative estimate of drug-likeness (QED) is 0.840. The number of halogens is 3. The lowest BCUT2D eigenvalue weighted by atomic mass is 9.80. The summed E-state index contributed by atoms with van der Waals surface area (Å²) in [5.74, 6) is -4.12. The smallest absolute Gasteiger partial charge is 0.194 e. The van der Waals surface area contributed by atoms with E-state index >= 15 is 0 Å². The molecule has 2 unspecified atom stereocenters. The third kappa shape index (κ3) is 2.81. The summed E-state index contributed by atoms with van der Waals surface area (Å²) < 4.78 is 45.5. The number of aliphatic hydroxyl groups excluding tert-OH is 1. The highest BCUT2D eigenvalue weighted by atomic mass is 19.2. The molecule has 116 valence electrons. The topological polar surface area (TPSA) is 29.5 Å². The molecule has 1 heterocycles. The first-order chi connectivity index (χ1) is 10.0. The minimum absolute atomic E-state index is 0.103. The van der Waals surface area contributed by atoms with E-state index < -0.39 is 23.6 Å². The van der Waals surface area contributed by atoms with Crippen LogP contribution in [0.25, 0.3) is 0 Å². The van der Waals surface area contributed by atoms with Gasteiger partial charge in [-0.2, -0.15) is 0 Å². The molecule has 0 aromatic heterocycles. The molecule has 1 aromatic carbocycles. The molecular formula is C16H19F3O2. The van der Waals surface area contributed by atoms with E-state index in [1.807, 2.05) is 0 Å². The van der Waals surface area contributed by atoms with Crippen LogP contribution in [0, 0.1) is 23.4 Å². The molecular weight excluding hydrogens is 281 g/mol. The number of benzene rings is 1. The zero-order valence-electron chi connectivity index (χ0n) is 11.7. The molecule has 1 N–H and O–H groups in total. The summed E-state index contributed by atoms with van der Waals surface area (Å²) in [7, 11) is 0. The summed E-state index contributed by atoms with van der Waals surface area (Å²) in [4.78, 5) is 0. The number of ether oxygens (including phenoxy) is 1. The average Bonchev–Trinajstić information content (AvgIpc) is 2.91. The Labute approximate surface area is 121 Å². The minimum atomic E-state index is -1.50. The first-order valence-corrected chi connectivity index (χ1v) is 7.47. The van der Waals surface area contributed by atoms with Crippen LogP contribution in [0.3, 0.4) is 0 Å². The molecule has 1 saturated carbocycles. The van der Waals surface area contributed by atoms with E-state index in [0.29, 0.717) is 19.4 Å². The van der Waals surface area contributed by atoms with E-state index in [-0.39, 0.29) is 17.1 Å². The molecule has 2 fully saturated rings. The van der Waals surface area contributed by atoms with Gasteiger partial charge < -0.3 is 9.84 Å². The van der Waals surface area contributed by atoms with Crippen LogP contribution < -0.4 is 0 Å². The second-order valence-electron chi connectivity index (χ2n) is 6.23. The van der Waals surface area contributed by atoms with Crippen molar-refractivity contribution in [3.05, 3.63) is 35.1 Å². The van der Waals surface area contributed by atoms with Crippen molar-refractivity contribution >= 4 is 0 Å². The van der Waals surface area contributed by atoms with Crippen molar-refractivity contribution in [1.82, 2.24) is 0 Å². The lowest BCUT2D eigenvalue weighted by Crippen LogP contribution is -2.39. The predicted octanol–water partition coefficient (Wildman–Crippen LogP) is 3.88. The van der Waals surface area contributed by atoms with Crippen LogP contribution >= 0.6 is 0 Å². The molecule has 1 aromatic rings. The van der Waals surface area contributed by atoms with Gasteiger partial charge in [0.2, 0.25) is 0 Å². The van der Waals surface area contributed by atoms with Gasteiger partial charge in [-0.25, -0.2) is 13.2 Å². The van der Waals surface area contributed by atoms with E-state index in [2.05, 4.69) is 0 Å². The molecule has 2 atom stereocenters. The molecule has 1 saturated heterocycles. The number of rotatable bonds is 2. The highest BCUT2D eigenvalue weighted by molar-refractivity contribution is 5.22. The van der Waals surface area contributed by atoms with Crippen molar-refractivity contribution in [2.75, 3.05) is 6.61 Å². The van der Waals surface area contributed by atoms with Crippen molar-refractivity contribution in [2.24, 2.45) is 5.92 Å². The van der Waals surface area contributed by atoms with Crippen molar-refractivity contribution in [3.8, 4) is 0 Å². The molecule has 0 radical (unpaired) electrons. The Morgan fingerprint density at radius 2 is 1.76 bits per heavy atom. The van der Waals surface area contributed by atoms with Gasteiger partial charge in [0.25, 0.3) is 0 Å². The summed E-state index contributed by atoms with van der Waals surface area (Å²) in [5.41, 5.74) is -0.0764. The SMILES string of the molecule is OC(c1cc(F)c(F)c(F)c1)C1CCOC2(CCCC2)C1. The van der Waals surface area contributed by atoms with Gasteiger partial charge in [-0.05, 0) is 49.3 Å². The van der Waals surface area contributed by atoms with Crippen LogP contribution in [0.15, 0.2) is 12.1 Å². The standard InChI is InChI=1S/C16H19F3O2/c17-12-7-11(8-13(18)14(12)19)15(20)10-3-6-21-16(9-10)4-1-2-5-16/h7-8,10,15,20H,1-6,9H2. The molecule has 3 rings (SSSR count). The zero-order valence-corrected chi connectivity index (χ0v) is 11.7. The van der Waals surface area contributed by atoms with Crippen LogP contribution in [0.4, 0.5) is 13.2 Å². The maximum absolute atomic E-state index is 13.3. The third-order valence-electron chi connectivity index (χ3n) is 4.84. The zero-order chi connectivity index (χ0) is 15.0. The van der Waals surface area contributed by atoms with Gasteiger partial charge in [0.05, 0.1) is 11.7 Å². The number of aliphatic hydroxyl groups is 1. The van der Waals surface area contributed by atoms with Crippen molar-refractivity contribution in [3.63, 3.8) is 0 Å². The lowest BCUT2D eigenvalue weighted by molar-refractivity contribution is -0.113. The maximum atomic E-state index is 13.3. The molecule has 0 amide bonds. The van der Waals surface area contributed by atoms with E-state index in [1.54, 1.807) is 0 Å². The van der Waals surface area contributed by atoms with Crippen molar-refractivity contribution in [1.29, 1.82) is 0 Å². The normalized spacial score (nSPS) is 26.2. The molecule has 0 bridgehead atoms. The van der Waals surface area contributed by atoms with Gasteiger partial charge in [0.15, 0.2) is 17.5 Å². The second-order valence-corrected chi connectivity index (χ2v) is 6.23. The molecule has 2 aliphatic rings. The van der Waals surface area contributed by atoms with E-state index in [4.69, 9.17) is 4.74 Å². The molecule has 1 spiro atoms. The first-order valence-electron chi connectivity index (χ1n) is 7.47. The summed E-state index contributed by atoms with van der Waals surface area (Å²) in [6, 6.07) is 1.78. The van der Waals surface area contributed by atoms with Gasteiger partial charge in [-0.3, -0.25) is 0 Å². The van der Waals surface area contributed by atoms with Gasteiger partial charge in [-0.1, -0.05) is 12.8 Å². The average molecular weight is 300 g/mol. The van der Waals surface area contributed by atoms with Crippen LogP contribution in [0.5, 0.6) is 0 Å². The Hall–Kier alpha value is -1.07. The fourth-order valence-electron chi connectivity index (χ4n) is 3.72. The molecule has 1 aliphatic heterocycles. The fraction of sp³-hybridized carbons (Fsp3) is 0.625. The van der Waals surface area contributed by atoms with E-state index in [1.165, 1.54) is 0 Å². The Bertz CT molecular complexity index is 503. The van der Waals surface area contributed by atoms with Gasteiger partial charge in [0, 0.05) is 6.61 Å². The number of hydrogen-bond acceptors (Lipinski definition) is 2. The van der Waals surface area contributed by atoms with Gasteiger partial charge in [-0.15, -0.1) is 0 Å². The van der Waals surface area contributed by atoms with Crippen LogP contribution in [-0.2, 0) is 4.74 Å². The maximum Gasteiger partial charge on any atom is 0.194 e. The predicted molar refractivity (Wildman–Crippen MR) is 71.2 cm³/mol.